The number of piperidine rings is 1. The number of amides is 2. The molecule has 3 atom stereocenters. The highest BCUT2D eigenvalue weighted by Crippen LogP contribution is 2.59. The van der Waals surface area contributed by atoms with Gasteiger partial charge in [0, 0.05) is 43.3 Å². The number of nitrogens with zero attached hydrogens (tertiary/aromatic N) is 7. The van der Waals surface area contributed by atoms with E-state index in [-0.39, 0.29) is 35.6 Å². The number of benzene rings is 1. The number of ketones is 1. The number of carbonyl (C=O) groups excluding carboxylic acids is 3. The van der Waals surface area contributed by atoms with E-state index >= 15 is 0 Å². The van der Waals surface area contributed by atoms with Crippen LogP contribution < -0.4 is 10.6 Å². The lowest BCUT2D eigenvalue weighted by Crippen LogP contribution is -2.47. The van der Waals surface area contributed by atoms with E-state index in [1.165, 1.54) is 6.92 Å². The van der Waals surface area contributed by atoms with E-state index in [4.69, 9.17) is 5.10 Å². The van der Waals surface area contributed by atoms with E-state index in [2.05, 4.69) is 54.8 Å². The Morgan fingerprint density at radius 1 is 1.13 bits per heavy atom. The van der Waals surface area contributed by atoms with Crippen molar-refractivity contribution < 1.29 is 14.4 Å². The molecule has 2 aliphatic heterocycles. The largest absolute Gasteiger partial charge is 0.385 e. The summed E-state index contributed by atoms with van der Waals surface area (Å²) in [6.45, 7) is 7.00. The third-order valence-electron chi connectivity index (χ3n) is 9.68. The summed E-state index contributed by atoms with van der Waals surface area (Å²) >= 11 is 3.38. The molecular weight excluding hydrogens is 650 g/mol. The smallest absolute Gasteiger partial charge is 0.248 e. The van der Waals surface area contributed by atoms with Gasteiger partial charge in [0.05, 0.1) is 11.2 Å². The van der Waals surface area contributed by atoms with Crippen molar-refractivity contribution in [3.8, 4) is 0 Å². The van der Waals surface area contributed by atoms with Crippen LogP contribution >= 0.6 is 15.9 Å². The lowest BCUT2D eigenvalue weighted by atomic mass is 10.0. The van der Waals surface area contributed by atoms with Gasteiger partial charge in [0.2, 0.25) is 11.8 Å². The Morgan fingerprint density at radius 3 is 2.80 bits per heavy atom. The molecule has 13 heteroatoms. The molecule has 2 N–H and O–H groups in total. The number of hydrogen-bond acceptors (Lipinski definition) is 8. The number of nitrogens with one attached hydrogen (secondary N) is 2. The van der Waals surface area contributed by atoms with Gasteiger partial charge in [-0.15, -0.1) is 5.10 Å². The second-order valence-corrected chi connectivity index (χ2v) is 14.1. The van der Waals surface area contributed by atoms with E-state index in [1.807, 2.05) is 36.0 Å². The number of hydrogen-bond donors (Lipinski definition) is 2. The second kappa shape index (κ2) is 11.9. The van der Waals surface area contributed by atoms with Crippen molar-refractivity contribution >= 4 is 55.9 Å². The first-order valence-electron chi connectivity index (χ1n) is 16.0. The molecule has 3 aliphatic rings. The van der Waals surface area contributed by atoms with Gasteiger partial charge in [-0.2, -0.15) is 5.10 Å². The van der Waals surface area contributed by atoms with Crippen molar-refractivity contribution in [2.75, 3.05) is 17.2 Å². The molecular formula is C33H38BrN9O3. The monoisotopic (exact) mass is 687 g/mol. The van der Waals surface area contributed by atoms with Crippen LogP contribution in [0.3, 0.4) is 0 Å². The second-order valence-electron chi connectivity index (χ2n) is 13.2. The number of pyridine rings is 1. The Labute approximate surface area is 275 Å². The zero-order valence-corrected chi connectivity index (χ0v) is 27.9. The number of halogens is 1. The average Bonchev–Trinajstić information content (AvgIpc) is 3.33. The summed E-state index contributed by atoms with van der Waals surface area (Å²) in [5.41, 5.74) is 4.85. The Balaban J connectivity index is 1.18. The first-order chi connectivity index (χ1) is 22.1. The van der Waals surface area contributed by atoms with E-state index < -0.39 is 6.04 Å². The van der Waals surface area contributed by atoms with E-state index in [1.54, 1.807) is 9.58 Å². The summed E-state index contributed by atoms with van der Waals surface area (Å²) in [7, 11) is 0. The fourth-order valence-corrected chi connectivity index (χ4v) is 7.44. The van der Waals surface area contributed by atoms with Crippen LogP contribution in [0.5, 0.6) is 0 Å². The van der Waals surface area contributed by atoms with Crippen LogP contribution in [-0.4, -0.2) is 70.9 Å². The first-order valence-corrected chi connectivity index (χ1v) is 16.8. The van der Waals surface area contributed by atoms with Crippen molar-refractivity contribution in [2.24, 2.45) is 5.41 Å². The van der Waals surface area contributed by atoms with Crippen molar-refractivity contribution in [1.82, 2.24) is 34.7 Å². The minimum absolute atomic E-state index is 0.00689. The molecule has 12 nitrogen and oxygen atoms in total. The number of carbonyl (C=O) groups is 3. The summed E-state index contributed by atoms with van der Waals surface area (Å²) < 4.78 is 4.21. The normalized spacial score (nSPS) is 22.6. The fourth-order valence-electron chi connectivity index (χ4n) is 7.13. The third kappa shape index (κ3) is 5.80. The van der Waals surface area contributed by atoms with Gasteiger partial charge in [-0.05, 0) is 103 Å². The van der Waals surface area contributed by atoms with Gasteiger partial charge in [-0.3, -0.25) is 23.7 Å². The zero-order chi connectivity index (χ0) is 32.2. The quantitative estimate of drug-likeness (QED) is 0.227. The topological polar surface area (TPSA) is 140 Å². The van der Waals surface area contributed by atoms with Crippen molar-refractivity contribution in [2.45, 2.75) is 90.9 Å². The molecule has 1 saturated heterocycles. The fraction of sp³-hybridized carbons (Fsp3) is 0.485. The van der Waals surface area contributed by atoms with Crippen LogP contribution in [0.1, 0.15) is 73.3 Å². The summed E-state index contributed by atoms with van der Waals surface area (Å²) in [4.78, 5) is 46.8. The van der Waals surface area contributed by atoms with Crippen LogP contribution in [0.2, 0.25) is 0 Å². The number of likely N-dealkylation sites (tertiary alicyclic amines) is 1. The molecule has 1 aromatic carbocycles. The summed E-state index contributed by atoms with van der Waals surface area (Å²) in [6, 6.07) is 7.19. The van der Waals surface area contributed by atoms with Crippen LogP contribution in [0.15, 0.2) is 35.1 Å². The minimum Gasteiger partial charge on any atom is -0.385 e. The van der Waals surface area contributed by atoms with Crippen LogP contribution in [0.25, 0.3) is 10.9 Å². The predicted octanol–water partition coefficient (Wildman–Crippen LogP) is 4.70. The molecule has 7 rings (SSSR count). The minimum atomic E-state index is -0.614. The predicted molar refractivity (Wildman–Crippen MR) is 177 cm³/mol. The molecule has 4 aromatic rings. The molecule has 0 radical (unpaired) electrons. The van der Waals surface area contributed by atoms with Crippen molar-refractivity contribution in [3.63, 3.8) is 0 Å². The SMILES string of the molecule is CC(=O)c1nn(CC(=O)N2[C@H](C(=O)Nc3nc(Br)ccc3C)C[C@@]3(C)C[C@@H]23)c2c3cc(cc12)NCCCc1cn(nn1)CCCC3. The highest BCUT2D eigenvalue weighted by Gasteiger charge is 2.64. The van der Waals surface area contributed by atoms with Gasteiger partial charge >= 0.3 is 0 Å². The molecule has 240 valence electrons. The van der Waals surface area contributed by atoms with Crippen LogP contribution in [-0.2, 0) is 35.5 Å². The summed E-state index contributed by atoms with van der Waals surface area (Å²) in [5.74, 6) is -0.0966. The van der Waals surface area contributed by atoms with Gasteiger partial charge < -0.3 is 15.5 Å². The van der Waals surface area contributed by atoms with Gasteiger partial charge in [0.15, 0.2) is 5.78 Å². The molecule has 2 fully saturated rings. The van der Waals surface area contributed by atoms with Crippen LogP contribution in [0, 0.1) is 12.3 Å². The maximum Gasteiger partial charge on any atom is 0.248 e. The Hall–Kier alpha value is -4.13. The highest BCUT2D eigenvalue weighted by molar-refractivity contribution is 9.10. The standard InChI is InChI=1S/C33H38BrN9O3/c1-19-9-10-27(34)36-31(19)37-32(46)25-15-33(3)16-26(33)43(25)28(45)18-42-30-21-7-4-5-12-41-17-22(38-40-41)8-6-11-35-23(13-21)14-24(30)29(39-42)20(2)44/h9-10,13-14,17,25-26,35H,4-8,11-12,15-16,18H2,1-3H3,(H,36,37,46)/t25-,26+,33-/m0/s1. The maximum atomic E-state index is 14.2. The lowest BCUT2D eigenvalue weighted by Gasteiger charge is -2.27. The molecule has 4 bridgehead atoms. The number of fused-ring (bicyclic) bond motifs is 7. The Bertz CT molecular complexity index is 1870. The number of aromatic nitrogens is 6. The molecule has 46 heavy (non-hydrogen) atoms. The molecule has 1 saturated carbocycles. The first kappa shape index (κ1) is 30.5. The number of aryl methyl sites for hydroxylation is 4. The zero-order valence-electron chi connectivity index (χ0n) is 26.3. The van der Waals surface area contributed by atoms with Gasteiger partial charge in [-0.25, -0.2) is 4.98 Å². The van der Waals surface area contributed by atoms with E-state index in [0.717, 1.165) is 85.0 Å². The van der Waals surface area contributed by atoms with E-state index in [0.29, 0.717) is 22.5 Å². The Kier molecular flexibility index (Phi) is 7.90. The lowest BCUT2D eigenvalue weighted by molar-refractivity contribution is -0.138. The van der Waals surface area contributed by atoms with Crippen LogP contribution in [0.4, 0.5) is 11.5 Å². The molecule has 2 amide bonds. The summed E-state index contributed by atoms with van der Waals surface area (Å²) in [5, 5.41) is 20.5. The third-order valence-corrected chi connectivity index (χ3v) is 10.1. The number of anilines is 2. The van der Waals surface area contributed by atoms with Crippen molar-refractivity contribution in [1.29, 1.82) is 0 Å². The molecule has 5 heterocycles. The van der Waals surface area contributed by atoms with E-state index in [9.17, 15) is 14.4 Å². The van der Waals surface area contributed by atoms with Crippen molar-refractivity contribution in [3.05, 3.63) is 57.6 Å². The van der Waals surface area contributed by atoms with Gasteiger partial charge in [-0.1, -0.05) is 18.2 Å². The highest BCUT2D eigenvalue weighted by atomic mass is 79.9. The number of Topliss-reactive ketones (excluding diaryl/α,β-unsaturated/α-hetero) is 1. The summed E-state index contributed by atoms with van der Waals surface area (Å²) in [6.07, 6.45) is 7.75. The average molecular weight is 689 g/mol. The molecule has 0 spiro atoms. The Morgan fingerprint density at radius 2 is 1.98 bits per heavy atom. The maximum absolute atomic E-state index is 14.2. The number of rotatable bonds is 5. The van der Waals surface area contributed by atoms with Gasteiger partial charge in [0.1, 0.15) is 28.7 Å². The molecule has 0 unspecified atom stereocenters. The molecule has 3 aromatic heterocycles. The van der Waals surface area contributed by atoms with Gasteiger partial charge in [0.25, 0.3) is 0 Å². The molecule has 1 aliphatic carbocycles.